The van der Waals surface area contributed by atoms with E-state index >= 15 is 0 Å². The number of aromatic nitrogens is 1. The summed E-state index contributed by atoms with van der Waals surface area (Å²) in [6.45, 7) is 2.41. The number of hydrogen-bond acceptors (Lipinski definition) is 5. The third-order valence-electron chi connectivity index (χ3n) is 3.87. The molecule has 0 aliphatic rings. The van der Waals surface area contributed by atoms with Crippen LogP contribution in [-0.4, -0.2) is 10.9 Å². The molecule has 5 nitrogen and oxygen atoms in total. The zero-order valence-electron chi connectivity index (χ0n) is 15.4. The summed E-state index contributed by atoms with van der Waals surface area (Å²) in [5.74, 6) is 0.539. The quantitative estimate of drug-likeness (QED) is 0.592. The van der Waals surface area contributed by atoms with E-state index < -0.39 is 0 Å². The van der Waals surface area contributed by atoms with Crippen molar-refractivity contribution < 1.29 is 9.53 Å². The lowest BCUT2D eigenvalue weighted by molar-refractivity contribution is -0.111. The molecule has 1 heterocycles. The van der Waals surface area contributed by atoms with Crippen LogP contribution in [0.15, 0.2) is 60.0 Å². The van der Waals surface area contributed by atoms with Gasteiger partial charge in [-0.3, -0.25) is 4.79 Å². The summed E-state index contributed by atoms with van der Waals surface area (Å²) < 4.78 is 5.71. The van der Waals surface area contributed by atoms with Crippen LogP contribution < -0.4 is 10.1 Å². The Labute approximate surface area is 167 Å². The highest BCUT2D eigenvalue weighted by atomic mass is 32.1. The molecule has 0 spiro atoms. The van der Waals surface area contributed by atoms with Gasteiger partial charge in [-0.25, -0.2) is 4.98 Å². The van der Waals surface area contributed by atoms with Gasteiger partial charge in [-0.2, -0.15) is 5.26 Å². The number of ether oxygens (including phenoxy) is 1. The van der Waals surface area contributed by atoms with Crippen molar-refractivity contribution >= 4 is 29.0 Å². The Bertz CT molecular complexity index is 1000. The summed E-state index contributed by atoms with van der Waals surface area (Å²) in [6, 6.07) is 16.8. The van der Waals surface area contributed by atoms with Crippen LogP contribution in [0.1, 0.15) is 21.8 Å². The van der Waals surface area contributed by atoms with Crippen molar-refractivity contribution in [1.29, 1.82) is 5.26 Å². The van der Waals surface area contributed by atoms with Gasteiger partial charge in [0.05, 0.1) is 23.2 Å². The van der Waals surface area contributed by atoms with Crippen molar-refractivity contribution in [3.63, 3.8) is 0 Å². The molecule has 1 N–H and O–H groups in total. The zero-order chi connectivity index (χ0) is 19.8. The zero-order valence-corrected chi connectivity index (χ0v) is 16.2. The van der Waals surface area contributed by atoms with Crippen LogP contribution in [0.2, 0.25) is 0 Å². The van der Waals surface area contributed by atoms with Gasteiger partial charge in [0.1, 0.15) is 12.4 Å². The van der Waals surface area contributed by atoms with Crippen molar-refractivity contribution in [3.8, 4) is 11.8 Å². The van der Waals surface area contributed by atoms with Gasteiger partial charge in [-0.1, -0.05) is 24.3 Å². The summed E-state index contributed by atoms with van der Waals surface area (Å²) >= 11 is 1.60. The Kier molecular flexibility index (Phi) is 6.55. The Balaban J connectivity index is 1.50. The summed E-state index contributed by atoms with van der Waals surface area (Å²) in [7, 11) is 0. The first-order valence-electron chi connectivity index (χ1n) is 8.71. The minimum absolute atomic E-state index is 0.215. The molecule has 3 rings (SSSR count). The lowest BCUT2D eigenvalue weighted by atomic mass is 10.1. The topological polar surface area (TPSA) is 75.0 Å². The predicted molar refractivity (Wildman–Crippen MR) is 111 cm³/mol. The number of carbonyl (C=O) groups excluding carboxylic acids is 1. The number of rotatable bonds is 7. The molecule has 28 heavy (non-hydrogen) atoms. The van der Waals surface area contributed by atoms with E-state index in [1.165, 1.54) is 6.08 Å². The van der Waals surface area contributed by atoms with E-state index in [0.717, 1.165) is 27.6 Å². The van der Waals surface area contributed by atoms with Gasteiger partial charge in [0.2, 0.25) is 5.91 Å². The number of aryl methyl sites for hydroxylation is 1. The van der Waals surface area contributed by atoms with E-state index in [1.807, 2.05) is 48.7 Å². The Hall–Kier alpha value is -3.43. The maximum Gasteiger partial charge on any atom is 0.248 e. The van der Waals surface area contributed by atoms with Crippen molar-refractivity contribution in [2.45, 2.75) is 20.0 Å². The molecule has 1 aromatic heterocycles. The van der Waals surface area contributed by atoms with E-state index in [9.17, 15) is 4.79 Å². The Morgan fingerprint density at radius 2 is 1.96 bits per heavy atom. The number of nitrogens with zero attached hydrogens (tertiary/aromatic N) is 2. The average Bonchev–Trinajstić information content (AvgIpc) is 3.12. The average molecular weight is 389 g/mol. The molecule has 0 radical (unpaired) electrons. The van der Waals surface area contributed by atoms with Crippen LogP contribution in [0.4, 0.5) is 5.69 Å². The molecule has 1 amide bonds. The lowest BCUT2D eigenvalue weighted by Gasteiger charge is -2.05. The van der Waals surface area contributed by atoms with Crippen molar-refractivity contribution in [3.05, 3.63) is 81.8 Å². The summed E-state index contributed by atoms with van der Waals surface area (Å²) in [4.78, 5) is 16.4. The molecule has 0 atom stereocenters. The fourth-order valence-corrected chi connectivity index (χ4v) is 3.06. The minimum Gasteiger partial charge on any atom is -0.487 e. The number of anilines is 1. The smallest absolute Gasteiger partial charge is 0.248 e. The first kappa shape index (κ1) is 19.3. The number of benzene rings is 2. The lowest BCUT2D eigenvalue weighted by Crippen LogP contribution is -2.07. The second-order valence-corrected chi connectivity index (χ2v) is 7.13. The number of nitriles is 1. The highest BCUT2D eigenvalue weighted by molar-refractivity contribution is 7.09. The number of amides is 1. The second-order valence-electron chi connectivity index (χ2n) is 6.07. The predicted octanol–water partition coefficient (Wildman–Crippen LogP) is 4.75. The van der Waals surface area contributed by atoms with Crippen molar-refractivity contribution in [1.82, 2.24) is 4.98 Å². The van der Waals surface area contributed by atoms with Crippen LogP contribution in [0.3, 0.4) is 0 Å². The third kappa shape index (κ3) is 5.79. The fraction of sp³-hybridized carbons (Fsp3) is 0.136. The minimum atomic E-state index is -0.215. The van der Waals surface area contributed by atoms with Crippen molar-refractivity contribution in [2.75, 3.05) is 5.32 Å². The first-order valence-corrected chi connectivity index (χ1v) is 9.59. The number of nitrogens with one attached hydrogen (secondary N) is 1. The van der Waals surface area contributed by atoms with E-state index in [0.29, 0.717) is 18.7 Å². The van der Waals surface area contributed by atoms with Gasteiger partial charge < -0.3 is 10.1 Å². The fourth-order valence-electron chi connectivity index (χ4n) is 2.46. The second kappa shape index (κ2) is 9.49. The summed E-state index contributed by atoms with van der Waals surface area (Å²) in [5.41, 5.74) is 3.43. The third-order valence-corrected chi connectivity index (χ3v) is 4.69. The van der Waals surface area contributed by atoms with Crippen LogP contribution in [0.5, 0.6) is 5.75 Å². The van der Waals surface area contributed by atoms with Crippen LogP contribution in [0.25, 0.3) is 6.08 Å². The molecule has 0 saturated carbocycles. The van der Waals surface area contributed by atoms with E-state index in [1.54, 1.807) is 29.5 Å². The van der Waals surface area contributed by atoms with E-state index in [2.05, 4.69) is 16.4 Å². The molecule has 6 heteroatoms. The highest BCUT2D eigenvalue weighted by Gasteiger charge is 2.01. The van der Waals surface area contributed by atoms with Gasteiger partial charge in [0.15, 0.2) is 0 Å². The normalized spacial score (nSPS) is 10.6. The van der Waals surface area contributed by atoms with E-state index in [-0.39, 0.29) is 5.91 Å². The number of hydrogen-bond donors (Lipinski definition) is 1. The van der Waals surface area contributed by atoms with Gasteiger partial charge >= 0.3 is 0 Å². The SMILES string of the molecule is Cc1nc(COc2ccc(/C=C/C(=O)Nc3ccc(CC#N)cc3)cc2)cs1. The van der Waals surface area contributed by atoms with Gasteiger partial charge in [0.25, 0.3) is 0 Å². The van der Waals surface area contributed by atoms with Gasteiger partial charge in [-0.15, -0.1) is 11.3 Å². The number of carbonyl (C=O) groups is 1. The molecule has 0 fully saturated rings. The Morgan fingerprint density at radius 1 is 1.21 bits per heavy atom. The standard InChI is InChI=1S/C22H19N3O2S/c1-16-24-20(15-28-16)14-27-21-9-4-17(5-10-21)6-11-22(26)25-19-7-2-18(3-8-19)12-13-23/h2-11,15H,12,14H2,1H3,(H,25,26)/b11-6+. The molecular weight excluding hydrogens is 370 g/mol. The molecule has 3 aromatic rings. The summed E-state index contributed by atoms with van der Waals surface area (Å²) in [5, 5.41) is 14.5. The van der Waals surface area contributed by atoms with E-state index in [4.69, 9.17) is 10.00 Å². The monoisotopic (exact) mass is 389 g/mol. The van der Waals surface area contributed by atoms with Gasteiger partial charge in [0, 0.05) is 17.1 Å². The molecule has 140 valence electrons. The maximum atomic E-state index is 12.0. The maximum absolute atomic E-state index is 12.0. The molecule has 2 aromatic carbocycles. The first-order chi connectivity index (χ1) is 13.6. The largest absolute Gasteiger partial charge is 0.487 e. The highest BCUT2D eigenvalue weighted by Crippen LogP contribution is 2.16. The molecule has 0 saturated heterocycles. The van der Waals surface area contributed by atoms with Gasteiger partial charge in [-0.05, 0) is 48.4 Å². The van der Waals surface area contributed by atoms with Crippen molar-refractivity contribution in [2.24, 2.45) is 0 Å². The molecular formula is C22H19N3O2S. The molecule has 0 aliphatic heterocycles. The Morgan fingerprint density at radius 3 is 2.61 bits per heavy atom. The number of thiazole rings is 1. The van der Waals surface area contributed by atoms with Crippen LogP contribution in [-0.2, 0) is 17.8 Å². The molecule has 0 unspecified atom stereocenters. The molecule has 0 aliphatic carbocycles. The summed E-state index contributed by atoms with van der Waals surface area (Å²) in [6.07, 6.45) is 3.58. The van der Waals surface area contributed by atoms with Crippen LogP contribution >= 0.6 is 11.3 Å². The molecule has 0 bridgehead atoms. The van der Waals surface area contributed by atoms with Crippen LogP contribution in [0, 0.1) is 18.3 Å².